The van der Waals surface area contributed by atoms with Crippen LogP contribution in [0.15, 0.2) is 41.4 Å². The number of nitrogens with one attached hydrogen (secondary N) is 1. The molecule has 3 aromatic rings. The van der Waals surface area contributed by atoms with E-state index in [2.05, 4.69) is 14.8 Å². The molecular formula is C14H13ClN4O2S. The molecular weight excluding hydrogens is 324 g/mol. The van der Waals surface area contributed by atoms with Crippen LogP contribution in [0.3, 0.4) is 0 Å². The zero-order chi connectivity index (χ0) is 15.9. The van der Waals surface area contributed by atoms with E-state index in [1.54, 1.807) is 17.8 Å². The summed E-state index contributed by atoms with van der Waals surface area (Å²) in [4.78, 5) is 4.38. The topological polar surface area (TPSA) is 76.9 Å². The van der Waals surface area contributed by atoms with Crippen molar-refractivity contribution in [1.29, 1.82) is 0 Å². The average molecular weight is 337 g/mol. The molecule has 0 radical (unpaired) electrons. The number of nitrogens with zero attached hydrogens (tertiary/aromatic N) is 3. The highest BCUT2D eigenvalue weighted by molar-refractivity contribution is 7.92. The molecule has 1 N–H and O–H groups in total. The molecule has 2 aromatic heterocycles. The summed E-state index contributed by atoms with van der Waals surface area (Å²) in [6, 6.07) is 7.68. The van der Waals surface area contributed by atoms with Gasteiger partial charge in [-0.1, -0.05) is 11.6 Å². The van der Waals surface area contributed by atoms with Gasteiger partial charge in [-0.15, -0.1) is 0 Å². The molecule has 0 amide bonds. The molecule has 0 unspecified atom stereocenters. The summed E-state index contributed by atoms with van der Waals surface area (Å²) >= 11 is 5.77. The molecule has 0 bridgehead atoms. The van der Waals surface area contributed by atoms with E-state index in [1.165, 1.54) is 30.5 Å². The highest BCUT2D eigenvalue weighted by atomic mass is 35.5. The minimum atomic E-state index is -3.68. The molecule has 0 saturated heterocycles. The normalized spacial score (nSPS) is 11.8. The molecule has 6 nitrogen and oxygen atoms in total. The van der Waals surface area contributed by atoms with Crippen molar-refractivity contribution in [3.8, 4) is 0 Å². The highest BCUT2D eigenvalue weighted by Crippen LogP contribution is 2.22. The predicted molar refractivity (Wildman–Crippen MR) is 85.5 cm³/mol. The van der Waals surface area contributed by atoms with Crippen LogP contribution in [0.5, 0.6) is 0 Å². The van der Waals surface area contributed by atoms with Gasteiger partial charge in [0.05, 0.1) is 22.5 Å². The molecule has 0 atom stereocenters. The largest absolute Gasteiger partial charge is 0.278 e. The van der Waals surface area contributed by atoms with Crippen LogP contribution in [0.2, 0.25) is 5.02 Å². The molecule has 0 aliphatic carbocycles. The Balaban J connectivity index is 1.98. The Morgan fingerprint density at radius 3 is 2.59 bits per heavy atom. The molecule has 0 spiro atoms. The number of aromatic nitrogens is 3. The van der Waals surface area contributed by atoms with Crippen LogP contribution >= 0.6 is 11.6 Å². The van der Waals surface area contributed by atoms with E-state index in [-0.39, 0.29) is 4.90 Å². The first-order chi connectivity index (χ1) is 10.4. The minimum absolute atomic E-state index is 0.139. The number of hydrogen-bond donors (Lipinski definition) is 1. The van der Waals surface area contributed by atoms with E-state index in [0.29, 0.717) is 16.4 Å². The molecule has 3 rings (SSSR count). The van der Waals surface area contributed by atoms with Crippen LogP contribution in [0, 0.1) is 6.92 Å². The van der Waals surface area contributed by atoms with Gasteiger partial charge in [0.1, 0.15) is 0 Å². The Labute approximate surface area is 132 Å². The van der Waals surface area contributed by atoms with E-state index in [4.69, 9.17) is 11.6 Å². The summed E-state index contributed by atoms with van der Waals surface area (Å²) in [5, 5.41) is 5.54. The molecule has 22 heavy (non-hydrogen) atoms. The number of anilines is 1. The minimum Gasteiger partial charge on any atom is -0.278 e. The van der Waals surface area contributed by atoms with Gasteiger partial charge in [0.15, 0.2) is 5.65 Å². The second-order valence-corrected chi connectivity index (χ2v) is 6.98. The van der Waals surface area contributed by atoms with Gasteiger partial charge in [-0.3, -0.25) is 9.40 Å². The van der Waals surface area contributed by atoms with Crippen LogP contribution < -0.4 is 4.72 Å². The standard InChI is InChI=1S/C14H13ClN4O2S/c1-9-13-7-11(8-16-14(13)19(2)17-9)18-22(20,21)12-5-3-10(15)4-6-12/h3-8,18H,1-2H3. The van der Waals surface area contributed by atoms with Crippen LogP contribution in [-0.2, 0) is 17.1 Å². The zero-order valence-corrected chi connectivity index (χ0v) is 13.5. The summed E-state index contributed by atoms with van der Waals surface area (Å²) in [6.07, 6.45) is 1.47. The first-order valence-corrected chi connectivity index (χ1v) is 8.31. The third-order valence-electron chi connectivity index (χ3n) is 3.24. The maximum atomic E-state index is 12.3. The van der Waals surface area contributed by atoms with Gasteiger partial charge in [-0.25, -0.2) is 13.4 Å². The Hall–Kier alpha value is -2.12. The molecule has 0 fully saturated rings. The van der Waals surface area contributed by atoms with Crippen LogP contribution in [0.4, 0.5) is 5.69 Å². The summed E-state index contributed by atoms with van der Waals surface area (Å²) in [7, 11) is -1.89. The maximum Gasteiger partial charge on any atom is 0.261 e. The lowest BCUT2D eigenvalue weighted by Crippen LogP contribution is -2.13. The number of rotatable bonds is 3. The molecule has 2 heterocycles. The fourth-order valence-corrected chi connectivity index (χ4v) is 3.35. The number of pyridine rings is 1. The summed E-state index contributed by atoms with van der Waals surface area (Å²) in [5.74, 6) is 0. The van der Waals surface area contributed by atoms with E-state index >= 15 is 0 Å². The second-order valence-electron chi connectivity index (χ2n) is 4.86. The number of hydrogen-bond acceptors (Lipinski definition) is 4. The average Bonchev–Trinajstić information content (AvgIpc) is 2.74. The van der Waals surface area contributed by atoms with E-state index < -0.39 is 10.0 Å². The van der Waals surface area contributed by atoms with Gasteiger partial charge in [-0.05, 0) is 37.3 Å². The fraction of sp³-hybridized carbons (Fsp3) is 0.143. The van der Waals surface area contributed by atoms with Gasteiger partial charge >= 0.3 is 0 Å². The lowest BCUT2D eigenvalue weighted by Gasteiger charge is -2.08. The van der Waals surface area contributed by atoms with Crippen molar-refractivity contribution >= 4 is 38.3 Å². The van der Waals surface area contributed by atoms with Crippen molar-refractivity contribution in [2.45, 2.75) is 11.8 Å². The van der Waals surface area contributed by atoms with Gasteiger partial charge in [0.2, 0.25) is 0 Å². The number of aryl methyl sites for hydroxylation is 2. The molecule has 8 heteroatoms. The van der Waals surface area contributed by atoms with E-state index in [0.717, 1.165) is 11.1 Å². The monoisotopic (exact) mass is 336 g/mol. The lowest BCUT2D eigenvalue weighted by atomic mass is 10.3. The van der Waals surface area contributed by atoms with Crippen molar-refractivity contribution in [2.24, 2.45) is 7.05 Å². The Bertz CT molecular complexity index is 949. The Morgan fingerprint density at radius 1 is 1.23 bits per heavy atom. The van der Waals surface area contributed by atoms with Crippen LogP contribution in [0.25, 0.3) is 11.0 Å². The van der Waals surface area contributed by atoms with Crippen molar-refractivity contribution in [3.63, 3.8) is 0 Å². The quantitative estimate of drug-likeness (QED) is 0.797. The number of fused-ring (bicyclic) bond motifs is 1. The zero-order valence-electron chi connectivity index (χ0n) is 11.9. The third-order valence-corrected chi connectivity index (χ3v) is 4.89. The smallest absolute Gasteiger partial charge is 0.261 e. The van der Waals surface area contributed by atoms with Gasteiger partial charge in [0, 0.05) is 17.5 Å². The lowest BCUT2D eigenvalue weighted by molar-refractivity contribution is 0.601. The van der Waals surface area contributed by atoms with E-state index in [9.17, 15) is 8.42 Å². The SMILES string of the molecule is Cc1nn(C)c2ncc(NS(=O)(=O)c3ccc(Cl)cc3)cc12. The second kappa shape index (κ2) is 5.26. The predicted octanol–water partition coefficient (Wildman–Crippen LogP) is 2.73. The van der Waals surface area contributed by atoms with Crippen molar-refractivity contribution < 1.29 is 8.42 Å². The summed E-state index contributed by atoms with van der Waals surface area (Å²) < 4.78 is 28.8. The van der Waals surface area contributed by atoms with Crippen LogP contribution in [-0.4, -0.2) is 23.2 Å². The fourth-order valence-electron chi connectivity index (χ4n) is 2.19. The Morgan fingerprint density at radius 2 is 1.91 bits per heavy atom. The van der Waals surface area contributed by atoms with Gasteiger partial charge in [0.25, 0.3) is 10.0 Å². The molecule has 0 saturated carbocycles. The molecule has 1 aromatic carbocycles. The highest BCUT2D eigenvalue weighted by Gasteiger charge is 2.15. The summed E-state index contributed by atoms with van der Waals surface area (Å²) in [5.41, 5.74) is 1.88. The first-order valence-electron chi connectivity index (χ1n) is 6.44. The molecule has 0 aliphatic rings. The Kier molecular flexibility index (Phi) is 3.54. The summed E-state index contributed by atoms with van der Waals surface area (Å²) in [6.45, 7) is 1.85. The number of halogens is 1. The maximum absolute atomic E-state index is 12.3. The van der Waals surface area contributed by atoms with Crippen molar-refractivity contribution in [1.82, 2.24) is 14.8 Å². The molecule has 114 valence electrons. The van der Waals surface area contributed by atoms with E-state index in [1.807, 2.05) is 6.92 Å². The van der Waals surface area contributed by atoms with Crippen LogP contribution in [0.1, 0.15) is 5.69 Å². The van der Waals surface area contributed by atoms with Crippen molar-refractivity contribution in [2.75, 3.05) is 4.72 Å². The first kappa shape index (κ1) is 14.8. The molecule has 0 aliphatic heterocycles. The third kappa shape index (κ3) is 2.65. The van der Waals surface area contributed by atoms with Gasteiger partial charge in [-0.2, -0.15) is 5.10 Å². The number of sulfonamides is 1. The van der Waals surface area contributed by atoms with Gasteiger partial charge < -0.3 is 0 Å². The van der Waals surface area contributed by atoms with Crippen molar-refractivity contribution in [3.05, 3.63) is 47.2 Å². The number of benzene rings is 1.